The van der Waals surface area contributed by atoms with Gasteiger partial charge in [-0.2, -0.15) is 0 Å². The second-order valence-corrected chi connectivity index (χ2v) is 9.24. The van der Waals surface area contributed by atoms with Crippen LogP contribution in [0.4, 0.5) is 10.7 Å². The van der Waals surface area contributed by atoms with Gasteiger partial charge in [-0.25, -0.2) is 4.79 Å². The third-order valence-corrected chi connectivity index (χ3v) is 7.56. The summed E-state index contributed by atoms with van der Waals surface area (Å²) in [5, 5.41) is 4.30. The topological polar surface area (TPSA) is 74.4 Å². The molecule has 1 N–H and O–H groups in total. The molecule has 0 unspecified atom stereocenters. The zero-order valence-corrected chi connectivity index (χ0v) is 22.0. The Morgan fingerprint density at radius 1 is 1.09 bits per heavy atom. The molecule has 1 fully saturated rings. The number of benzene rings is 1. The first kappa shape index (κ1) is 25.8. The van der Waals surface area contributed by atoms with E-state index in [9.17, 15) is 9.59 Å². The van der Waals surface area contributed by atoms with E-state index < -0.39 is 5.97 Å². The molecular weight excluding hydrogens is 472 g/mol. The Morgan fingerprint density at radius 3 is 2.24 bits per heavy atom. The minimum Gasteiger partial charge on any atom is -0.497 e. The molecular formula is C24H32N4O4S2. The number of rotatable bonds is 7. The van der Waals surface area contributed by atoms with Gasteiger partial charge in [-0.3, -0.25) is 4.79 Å². The number of thiophene rings is 1. The van der Waals surface area contributed by atoms with Crippen molar-refractivity contribution in [3.8, 4) is 5.75 Å². The fourth-order valence-corrected chi connectivity index (χ4v) is 5.46. The summed E-state index contributed by atoms with van der Waals surface area (Å²) in [6.07, 6.45) is 0. The van der Waals surface area contributed by atoms with Gasteiger partial charge < -0.3 is 29.5 Å². The summed E-state index contributed by atoms with van der Waals surface area (Å²) < 4.78 is 10.2. The van der Waals surface area contributed by atoms with Gasteiger partial charge in [0.25, 0.3) is 5.91 Å². The number of carbonyl (C=O) groups excluding carboxylic acids is 2. The van der Waals surface area contributed by atoms with Crippen LogP contribution in [0.25, 0.3) is 0 Å². The highest BCUT2D eigenvalue weighted by Gasteiger charge is 2.28. The lowest BCUT2D eigenvalue weighted by Crippen LogP contribution is -2.50. The highest BCUT2D eigenvalue weighted by atomic mass is 32.1. The zero-order chi connectivity index (χ0) is 24.8. The van der Waals surface area contributed by atoms with Crippen LogP contribution in [0.2, 0.25) is 0 Å². The molecule has 0 atom stereocenters. The number of esters is 1. The molecule has 0 aliphatic carbocycles. The highest BCUT2D eigenvalue weighted by Crippen LogP contribution is 2.35. The molecule has 0 spiro atoms. The van der Waals surface area contributed by atoms with Gasteiger partial charge >= 0.3 is 5.97 Å². The maximum atomic E-state index is 13.0. The van der Waals surface area contributed by atoms with E-state index in [0.717, 1.165) is 37.6 Å². The van der Waals surface area contributed by atoms with Gasteiger partial charge in [0.05, 0.1) is 24.7 Å². The van der Waals surface area contributed by atoms with Crippen LogP contribution in [0.1, 0.15) is 39.4 Å². The third-order valence-electron chi connectivity index (χ3n) is 6.01. The van der Waals surface area contributed by atoms with Crippen molar-refractivity contribution in [2.45, 2.75) is 20.8 Å². The fourth-order valence-electron chi connectivity index (χ4n) is 3.94. The van der Waals surface area contributed by atoms with Crippen molar-refractivity contribution >= 4 is 51.2 Å². The van der Waals surface area contributed by atoms with E-state index in [1.807, 2.05) is 26.0 Å². The van der Waals surface area contributed by atoms with E-state index in [-0.39, 0.29) is 5.91 Å². The van der Waals surface area contributed by atoms with Crippen LogP contribution in [-0.2, 0) is 4.74 Å². The summed E-state index contributed by atoms with van der Waals surface area (Å²) in [6, 6.07) is 8.02. The maximum absolute atomic E-state index is 13.0. The molecule has 2 heterocycles. The number of piperazine rings is 1. The summed E-state index contributed by atoms with van der Waals surface area (Å²) in [7, 11) is 3.00. The quantitative estimate of drug-likeness (QED) is 0.450. The molecule has 0 bridgehead atoms. The molecule has 184 valence electrons. The van der Waals surface area contributed by atoms with Crippen molar-refractivity contribution in [3.63, 3.8) is 0 Å². The van der Waals surface area contributed by atoms with Crippen LogP contribution in [-0.4, -0.2) is 80.3 Å². The average molecular weight is 505 g/mol. The minimum atomic E-state index is -0.484. The molecule has 0 radical (unpaired) electrons. The Kier molecular flexibility index (Phi) is 8.73. The van der Waals surface area contributed by atoms with E-state index in [4.69, 9.17) is 21.7 Å². The smallest absolute Gasteiger partial charge is 0.341 e. The summed E-state index contributed by atoms with van der Waals surface area (Å²) >= 11 is 6.93. The number of carbonyl (C=O) groups is 2. The molecule has 10 heteroatoms. The van der Waals surface area contributed by atoms with E-state index in [1.54, 1.807) is 18.9 Å². The lowest BCUT2D eigenvalue weighted by atomic mass is 10.1. The van der Waals surface area contributed by atoms with Gasteiger partial charge in [0.1, 0.15) is 10.8 Å². The lowest BCUT2D eigenvalue weighted by molar-refractivity contribution is 0.0601. The first-order chi connectivity index (χ1) is 16.3. The second kappa shape index (κ2) is 11.5. The second-order valence-electron chi connectivity index (χ2n) is 7.83. The number of amides is 1. The molecule has 1 saturated heterocycles. The minimum absolute atomic E-state index is 0.0928. The predicted octanol–water partition coefficient (Wildman–Crippen LogP) is 3.85. The standard InChI is InChI=1S/C24H32N4O4S2/c1-6-26(7-2)22(29)20-16(3)19(23(30)32-5)21(34-20)25-24(33)28-14-12-27(13-15-28)17-8-10-18(31-4)11-9-17/h8-11H,6-7,12-15H2,1-5H3,(H,25,33). The Morgan fingerprint density at radius 2 is 1.71 bits per heavy atom. The van der Waals surface area contributed by atoms with Crippen LogP contribution in [0.5, 0.6) is 5.75 Å². The Bertz CT molecular complexity index is 1030. The average Bonchev–Trinajstić information content (AvgIpc) is 3.19. The molecule has 1 aromatic carbocycles. The van der Waals surface area contributed by atoms with Crippen LogP contribution in [0.15, 0.2) is 24.3 Å². The number of hydrogen-bond donors (Lipinski definition) is 1. The highest BCUT2D eigenvalue weighted by molar-refractivity contribution is 7.80. The van der Waals surface area contributed by atoms with Gasteiger partial charge in [-0.15, -0.1) is 11.3 Å². The number of thiocarbonyl (C=S) groups is 1. The first-order valence-electron chi connectivity index (χ1n) is 11.3. The van der Waals surface area contributed by atoms with Gasteiger partial charge in [0.15, 0.2) is 5.11 Å². The molecule has 34 heavy (non-hydrogen) atoms. The zero-order valence-electron chi connectivity index (χ0n) is 20.3. The van der Waals surface area contributed by atoms with Crippen molar-refractivity contribution in [1.29, 1.82) is 0 Å². The number of hydrogen-bond acceptors (Lipinski definition) is 7. The maximum Gasteiger partial charge on any atom is 0.341 e. The van der Waals surface area contributed by atoms with Crippen LogP contribution in [0, 0.1) is 6.92 Å². The molecule has 8 nitrogen and oxygen atoms in total. The predicted molar refractivity (Wildman–Crippen MR) is 141 cm³/mol. The van der Waals surface area contributed by atoms with Crippen LogP contribution in [0.3, 0.4) is 0 Å². The number of ether oxygens (including phenoxy) is 2. The van der Waals surface area contributed by atoms with Gasteiger partial charge in [0, 0.05) is 45.0 Å². The van der Waals surface area contributed by atoms with Crippen LogP contribution >= 0.6 is 23.6 Å². The van der Waals surface area contributed by atoms with Gasteiger partial charge in [-0.05, 0) is 62.8 Å². The summed E-state index contributed by atoms with van der Waals surface area (Å²) in [5.74, 6) is 0.256. The Hall–Kier alpha value is -2.85. The van der Waals surface area contributed by atoms with Crippen molar-refractivity contribution in [3.05, 3.63) is 40.3 Å². The molecule has 3 rings (SSSR count). The van der Waals surface area contributed by atoms with Crippen molar-refractivity contribution in [2.24, 2.45) is 0 Å². The van der Waals surface area contributed by atoms with Gasteiger partial charge in [-0.1, -0.05) is 0 Å². The molecule has 2 aromatic rings. The largest absolute Gasteiger partial charge is 0.497 e. The van der Waals surface area contributed by atoms with Gasteiger partial charge in [0.2, 0.25) is 0 Å². The number of nitrogens with one attached hydrogen (secondary N) is 1. The molecule has 0 saturated carbocycles. The molecule has 1 aliphatic rings. The normalized spacial score (nSPS) is 13.4. The van der Waals surface area contributed by atoms with Crippen molar-refractivity contribution < 1.29 is 19.1 Å². The summed E-state index contributed by atoms with van der Waals surface area (Å²) in [4.78, 5) is 32.2. The molecule has 1 amide bonds. The third kappa shape index (κ3) is 5.44. The Labute approximate surface area is 210 Å². The molecule has 1 aliphatic heterocycles. The van der Waals surface area contributed by atoms with Crippen molar-refractivity contribution in [1.82, 2.24) is 9.80 Å². The number of methoxy groups -OCH3 is 2. The van der Waals surface area contributed by atoms with Crippen LogP contribution < -0.4 is 15.0 Å². The van der Waals surface area contributed by atoms with E-state index in [1.165, 1.54) is 18.4 Å². The number of nitrogens with zero attached hydrogens (tertiary/aromatic N) is 3. The summed E-state index contributed by atoms with van der Waals surface area (Å²) in [6.45, 7) is 9.94. The summed E-state index contributed by atoms with van der Waals surface area (Å²) in [5.41, 5.74) is 2.12. The lowest BCUT2D eigenvalue weighted by Gasteiger charge is -2.37. The Balaban J connectivity index is 1.73. The fraction of sp³-hybridized carbons (Fsp3) is 0.458. The molecule has 1 aromatic heterocycles. The SMILES string of the molecule is CCN(CC)C(=O)c1sc(NC(=S)N2CCN(c3ccc(OC)cc3)CC2)c(C(=O)OC)c1C. The van der Waals surface area contributed by atoms with E-state index >= 15 is 0 Å². The van der Waals surface area contributed by atoms with Crippen molar-refractivity contribution in [2.75, 3.05) is 63.7 Å². The van der Waals surface area contributed by atoms with E-state index in [2.05, 4.69) is 27.2 Å². The monoisotopic (exact) mass is 504 g/mol. The first-order valence-corrected chi connectivity index (χ1v) is 12.5. The number of anilines is 2. The van der Waals surface area contributed by atoms with E-state index in [0.29, 0.717) is 39.2 Å².